The molecule has 1 saturated heterocycles. The van der Waals surface area contributed by atoms with E-state index in [0.29, 0.717) is 29.4 Å². The fraction of sp³-hybridized carbons (Fsp3) is 0.370. The summed E-state index contributed by atoms with van der Waals surface area (Å²) in [6.07, 6.45) is -5.35. The van der Waals surface area contributed by atoms with Gasteiger partial charge in [0.05, 0.1) is 35.1 Å². The first-order chi connectivity index (χ1) is 20.2. The number of carboxylic acid groups (broad SMARTS) is 1. The SMILES string of the molecule is CN1CCC(C(=O)O)CC1n1c(-c2ccc(C(F)(F)F)c(F)c2)csc1=NC(=O)Cc1csc2c1c(=O)n(C)c(=O)n2C. The molecule has 0 radical (unpaired) electrons. The van der Waals surface area contributed by atoms with E-state index in [9.17, 15) is 41.8 Å². The second kappa shape index (κ2) is 11.3. The highest BCUT2D eigenvalue weighted by Gasteiger charge is 2.36. The van der Waals surface area contributed by atoms with Crippen LogP contribution in [0.25, 0.3) is 21.5 Å². The van der Waals surface area contributed by atoms with Gasteiger partial charge in [0.15, 0.2) is 4.80 Å². The van der Waals surface area contributed by atoms with E-state index < -0.39 is 52.8 Å². The minimum atomic E-state index is -4.89. The zero-order valence-corrected chi connectivity index (χ0v) is 24.6. The molecule has 1 aliphatic rings. The first-order valence-corrected chi connectivity index (χ1v) is 14.7. The third kappa shape index (κ3) is 5.61. The van der Waals surface area contributed by atoms with Crippen molar-refractivity contribution in [2.45, 2.75) is 31.6 Å². The Kier molecular flexibility index (Phi) is 8.04. The number of hydrogen-bond donors (Lipinski definition) is 1. The molecule has 3 aromatic heterocycles. The van der Waals surface area contributed by atoms with Gasteiger partial charge in [0.2, 0.25) is 0 Å². The molecule has 0 aliphatic carbocycles. The van der Waals surface area contributed by atoms with Crippen LogP contribution in [-0.4, -0.2) is 49.2 Å². The number of thiophene rings is 1. The maximum absolute atomic E-state index is 14.6. The van der Waals surface area contributed by atoms with Crippen LogP contribution >= 0.6 is 22.7 Å². The summed E-state index contributed by atoms with van der Waals surface area (Å²) in [7, 11) is 4.60. The lowest BCUT2D eigenvalue weighted by Gasteiger charge is -2.37. The lowest BCUT2D eigenvalue weighted by atomic mass is 9.94. The van der Waals surface area contributed by atoms with Gasteiger partial charge in [-0.25, -0.2) is 9.18 Å². The number of carbonyl (C=O) groups excluding carboxylic acids is 1. The number of thiazole rings is 1. The lowest BCUT2D eigenvalue weighted by molar-refractivity contribution is -0.144. The monoisotopic (exact) mass is 639 g/mol. The van der Waals surface area contributed by atoms with Crippen LogP contribution in [0.1, 0.15) is 30.1 Å². The number of piperidine rings is 1. The number of fused-ring (bicyclic) bond motifs is 1. The largest absolute Gasteiger partial charge is 0.481 e. The molecule has 228 valence electrons. The van der Waals surface area contributed by atoms with Gasteiger partial charge < -0.3 is 9.67 Å². The van der Waals surface area contributed by atoms with E-state index in [4.69, 9.17) is 0 Å². The minimum absolute atomic E-state index is 0.0924. The molecule has 1 aliphatic heterocycles. The summed E-state index contributed by atoms with van der Waals surface area (Å²) in [6.45, 7) is 0.377. The Morgan fingerprint density at radius 1 is 1.09 bits per heavy atom. The third-order valence-electron chi connectivity index (χ3n) is 7.60. The van der Waals surface area contributed by atoms with Crippen molar-refractivity contribution in [3.05, 3.63) is 71.5 Å². The molecule has 0 spiro atoms. The van der Waals surface area contributed by atoms with E-state index in [1.807, 2.05) is 4.90 Å². The molecule has 5 rings (SSSR count). The predicted molar refractivity (Wildman–Crippen MR) is 151 cm³/mol. The maximum Gasteiger partial charge on any atom is 0.419 e. The average molecular weight is 640 g/mol. The number of rotatable bonds is 5. The Hall–Kier alpha value is -3.89. The van der Waals surface area contributed by atoms with Crippen LogP contribution in [0.4, 0.5) is 17.6 Å². The quantitative estimate of drug-likeness (QED) is 0.334. The molecule has 2 unspecified atom stereocenters. The van der Waals surface area contributed by atoms with Gasteiger partial charge in [-0.2, -0.15) is 18.2 Å². The van der Waals surface area contributed by atoms with Crippen LogP contribution in [-0.2, 0) is 36.3 Å². The zero-order chi connectivity index (χ0) is 31.4. The fourth-order valence-electron chi connectivity index (χ4n) is 5.26. The van der Waals surface area contributed by atoms with Gasteiger partial charge in [0.25, 0.3) is 11.5 Å². The van der Waals surface area contributed by atoms with Crippen molar-refractivity contribution in [3.8, 4) is 11.3 Å². The lowest BCUT2D eigenvalue weighted by Crippen LogP contribution is -2.42. The van der Waals surface area contributed by atoms with Crippen molar-refractivity contribution >= 4 is 44.8 Å². The number of alkyl halides is 3. The number of hydrogen-bond acceptors (Lipinski definition) is 7. The van der Waals surface area contributed by atoms with Crippen LogP contribution in [0, 0.1) is 11.7 Å². The summed E-state index contributed by atoms with van der Waals surface area (Å²) in [4.78, 5) is 56.9. The number of amides is 1. The van der Waals surface area contributed by atoms with E-state index in [1.54, 1.807) is 17.0 Å². The highest BCUT2D eigenvalue weighted by atomic mass is 32.1. The van der Waals surface area contributed by atoms with Gasteiger partial charge in [-0.15, -0.1) is 22.7 Å². The number of aliphatic carboxylic acids is 1. The van der Waals surface area contributed by atoms with E-state index in [-0.39, 0.29) is 34.3 Å². The molecule has 43 heavy (non-hydrogen) atoms. The second-order valence-electron chi connectivity index (χ2n) is 10.3. The average Bonchev–Trinajstić information content (AvgIpc) is 3.54. The summed E-state index contributed by atoms with van der Waals surface area (Å²) in [5.41, 5.74) is -1.76. The Bertz CT molecular complexity index is 1950. The molecule has 1 aromatic carbocycles. The first-order valence-electron chi connectivity index (χ1n) is 12.9. The molecule has 4 aromatic rings. The van der Waals surface area contributed by atoms with Gasteiger partial charge in [-0.05, 0) is 43.0 Å². The molecular formula is C27H25F4N5O5S2. The molecule has 1 N–H and O–H groups in total. The van der Waals surface area contributed by atoms with E-state index in [1.165, 1.54) is 24.0 Å². The number of carboxylic acids is 1. The molecule has 0 bridgehead atoms. The van der Waals surface area contributed by atoms with Crippen molar-refractivity contribution in [3.63, 3.8) is 0 Å². The van der Waals surface area contributed by atoms with E-state index >= 15 is 0 Å². The molecular weight excluding hydrogens is 614 g/mol. The summed E-state index contributed by atoms with van der Waals surface area (Å²) in [5, 5.41) is 13.0. The number of nitrogens with zero attached hydrogens (tertiary/aromatic N) is 5. The van der Waals surface area contributed by atoms with E-state index in [2.05, 4.69) is 4.99 Å². The summed E-state index contributed by atoms with van der Waals surface area (Å²) >= 11 is 2.13. The second-order valence-corrected chi connectivity index (χ2v) is 12.0. The molecule has 1 amide bonds. The Morgan fingerprint density at radius 2 is 1.81 bits per heavy atom. The number of aryl methyl sites for hydroxylation is 1. The smallest absolute Gasteiger partial charge is 0.419 e. The Morgan fingerprint density at radius 3 is 2.47 bits per heavy atom. The maximum atomic E-state index is 14.6. The van der Waals surface area contributed by atoms with Gasteiger partial charge in [-0.1, -0.05) is 6.07 Å². The van der Waals surface area contributed by atoms with Crippen LogP contribution in [0.15, 0.2) is 43.5 Å². The first kappa shape index (κ1) is 30.6. The third-order valence-corrected chi connectivity index (χ3v) is 9.54. The standard InChI is InChI=1S/C27H25F4N5O5S2/c1-33-7-6-14(24(39)40)10-20(33)36-18(13-4-5-16(17(28)8-13)27(29,30)31)12-43-25(36)32-19(37)9-15-11-42-23-21(15)22(38)34(2)26(41)35(23)3/h4-5,8,11-12,14,20H,6-7,9-10H2,1-3H3,(H,39,40). The molecule has 16 heteroatoms. The normalized spacial score (nSPS) is 18.4. The minimum Gasteiger partial charge on any atom is -0.481 e. The van der Waals surface area contributed by atoms with Crippen molar-refractivity contribution in [2.24, 2.45) is 25.0 Å². The number of aromatic nitrogens is 3. The summed E-state index contributed by atoms with van der Waals surface area (Å²) in [5.74, 6) is -3.86. The highest BCUT2D eigenvalue weighted by molar-refractivity contribution is 7.17. The summed E-state index contributed by atoms with van der Waals surface area (Å²) < 4.78 is 58.0. The Balaban J connectivity index is 1.62. The predicted octanol–water partition coefficient (Wildman–Crippen LogP) is 3.58. The molecule has 2 atom stereocenters. The van der Waals surface area contributed by atoms with Gasteiger partial charge in [-0.3, -0.25) is 28.4 Å². The molecule has 10 nitrogen and oxygen atoms in total. The number of benzene rings is 1. The number of halogens is 4. The molecule has 4 heterocycles. The van der Waals surface area contributed by atoms with Crippen molar-refractivity contribution in [1.29, 1.82) is 0 Å². The number of likely N-dealkylation sites (tertiary alicyclic amines) is 1. The van der Waals surface area contributed by atoms with Gasteiger partial charge in [0, 0.05) is 31.6 Å². The van der Waals surface area contributed by atoms with Crippen LogP contribution in [0.3, 0.4) is 0 Å². The van der Waals surface area contributed by atoms with Crippen molar-refractivity contribution in [2.75, 3.05) is 13.6 Å². The molecule has 1 fully saturated rings. The van der Waals surface area contributed by atoms with Gasteiger partial charge >= 0.3 is 17.8 Å². The fourth-order valence-corrected chi connectivity index (χ4v) is 7.24. The van der Waals surface area contributed by atoms with Crippen molar-refractivity contribution < 1.29 is 32.3 Å². The number of carbonyl (C=O) groups is 2. The highest BCUT2D eigenvalue weighted by Crippen LogP contribution is 2.36. The van der Waals surface area contributed by atoms with Crippen LogP contribution < -0.4 is 16.1 Å². The van der Waals surface area contributed by atoms with Crippen molar-refractivity contribution in [1.82, 2.24) is 18.6 Å². The molecule has 0 saturated carbocycles. The Labute approximate surface area is 248 Å². The zero-order valence-electron chi connectivity index (χ0n) is 23.0. The van der Waals surface area contributed by atoms with Crippen LogP contribution in [0.2, 0.25) is 0 Å². The van der Waals surface area contributed by atoms with Gasteiger partial charge in [0.1, 0.15) is 10.6 Å². The van der Waals surface area contributed by atoms with E-state index in [0.717, 1.165) is 39.4 Å². The topological polar surface area (TPSA) is 119 Å². The van der Waals surface area contributed by atoms with Crippen LogP contribution in [0.5, 0.6) is 0 Å². The summed E-state index contributed by atoms with van der Waals surface area (Å²) in [6, 6.07) is 2.50.